The largest absolute Gasteiger partial charge is 0.444 e. The second-order valence-corrected chi connectivity index (χ2v) is 8.90. The molecule has 0 radical (unpaired) electrons. The van der Waals surface area contributed by atoms with Gasteiger partial charge in [-0.05, 0) is 32.9 Å². The molecule has 0 N–H and O–H groups in total. The summed E-state index contributed by atoms with van der Waals surface area (Å²) in [6.45, 7) is 8.70. The minimum atomic E-state index is -0.495. The monoisotopic (exact) mass is 424 g/mol. The van der Waals surface area contributed by atoms with Crippen molar-refractivity contribution in [2.45, 2.75) is 37.6 Å². The number of carbonyl (C=O) groups excluding carboxylic acids is 2. The van der Waals surface area contributed by atoms with Crippen LogP contribution in [-0.2, 0) is 9.53 Å². The van der Waals surface area contributed by atoms with Crippen LogP contribution < -0.4 is 9.80 Å². The summed E-state index contributed by atoms with van der Waals surface area (Å²) in [6.07, 6.45) is 1.96. The van der Waals surface area contributed by atoms with Crippen LogP contribution in [0.25, 0.3) is 0 Å². The number of anilines is 2. The van der Waals surface area contributed by atoms with Gasteiger partial charge in [0.2, 0.25) is 5.91 Å². The summed E-state index contributed by atoms with van der Waals surface area (Å²) in [5, 5.41) is 0. The van der Waals surface area contributed by atoms with Crippen molar-refractivity contribution in [1.29, 1.82) is 0 Å². The molecule has 2 saturated heterocycles. The van der Waals surface area contributed by atoms with Crippen LogP contribution in [0.4, 0.5) is 16.3 Å². The quantitative estimate of drug-likeness (QED) is 0.682. The van der Waals surface area contributed by atoms with Crippen molar-refractivity contribution in [2.24, 2.45) is 0 Å². The van der Waals surface area contributed by atoms with Gasteiger partial charge in [0.1, 0.15) is 5.60 Å². The Morgan fingerprint density at radius 3 is 2.54 bits per heavy atom. The minimum absolute atomic E-state index is 0.105. The van der Waals surface area contributed by atoms with Gasteiger partial charge in [-0.15, -0.1) is 0 Å². The van der Waals surface area contributed by atoms with Crippen molar-refractivity contribution in [3.05, 3.63) is 18.3 Å². The molecule has 3 rings (SSSR count). The van der Waals surface area contributed by atoms with Crippen LogP contribution in [0.5, 0.6) is 0 Å². The van der Waals surface area contributed by atoms with Gasteiger partial charge in [0, 0.05) is 50.2 Å². The van der Waals surface area contributed by atoms with Gasteiger partial charge < -0.3 is 19.4 Å². The van der Waals surface area contributed by atoms with E-state index in [1.807, 2.05) is 32.9 Å². The number of ether oxygens (including phenoxy) is 1. The average Bonchev–Trinajstić information content (AvgIpc) is 2.92. The SMILES string of the molecule is CC(C)(C)OC(=O)N1CCN(c2ncccc2N2CC(Br)CC2=O)CC1. The number of hydrogen-bond donors (Lipinski definition) is 0. The van der Waals surface area contributed by atoms with Gasteiger partial charge in [-0.25, -0.2) is 9.78 Å². The minimum Gasteiger partial charge on any atom is -0.444 e. The van der Waals surface area contributed by atoms with Crippen LogP contribution >= 0.6 is 15.9 Å². The van der Waals surface area contributed by atoms with E-state index in [0.29, 0.717) is 39.1 Å². The van der Waals surface area contributed by atoms with Gasteiger partial charge in [0.15, 0.2) is 5.82 Å². The van der Waals surface area contributed by atoms with E-state index in [1.54, 1.807) is 16.0 Å². The molecule has 0 aromatic carbocycles. The lowest BCUT2D eigenvalue weighted by molar-refractivity contribution is -0.117. The van der Waals surface area contributed by atoms with Gasteiger partial charge in [0.25, 0.3) is 0 Å². The Balaban J connectivity index is 1.69. The molecule has 142 valence electrons. The fraction of sp³-hybridized carbons (Fsp3) is 0.611. The number of amides is 2. The summed E-state index contributed by atoms with van der Waals surface area (Å²) < 4.78 is 5.44. The number of pyridine rings is 1. The molecular weight excluding hydrogens is 400 g/mol. The highest BCUT2D eigenvalue weighted by atomic mass is 79.9. The molecule has 1 unspecified atom stereocenters. The van der Waals surface area contributed by atoms with Gasteiger partial charge in [-0.3, -0.25) is 4.79 Å². The van der Waals surface area contributed by atoms with Gasteiger partial charge in [0.05, 0.1) is 5.69 Å². The van der Waals surface area contributed by atoms with E-state index >= 15 is 0 Å². The van der Waals surface area contributed by atoms with Crippen LogP contribution in [0.15, 0.2) is 18.3 Å². The maximum Gasteiger partial charge on any atom is 0.410 e. The molecule has 8 heteroatoms. The lowest BCUT2D eigenvalue weighted by Crippen LogP contribution is -2.50. The zero-order valence-electron chi connectivity index (χ0n) is 15.4. The Kier molecular flexibility index (Phi) is 5.41. The number of carbonyl (C=O) groups is 2. The lowest BCUT2D eigenvalue weighted by Gasteiger charge is -2.37. The predicted octanol–water partition coefficient (Wildman–Crippen LogP) is 2.64. The van der Waals surface area contributed by atoms with E-state index in [-0.39, 0.29) is 16.8 Å². The highest BCUT2D eigenvalue weighted by molar-refractivity contribution is 9.09. The molecule has 3 heterocycles. The normalized spacial score (nSPS) is 21.3. The number of halogens is 1. The fourth-order valence-corrected chi connectivity index (χ4v) is 3.73. The Hall–Kier alpha value is -1.83. The highest BCUT2D eigenvalue weighted by Gasteiger charge is 2.33. The second-order valence-electron chi connectivity index (χ2n) is 7.61. The summed E-state index contributed by atoms with van der Waals surface area (Å²) in [5.41, 5.74) is 0.343. The molecule has 0 saturated carbocycles. The van der Waals surface area contributed by atoms with Crippen molar-refractivity contribution in [1.82, 2.24) is 9.88 Å². The van der Waals surface area contributed by atoms with Crippen molar-refractivity contribution in [2.75, 3.05) is 42.5 Å². The third kappa shape index (κ3) is 4.28. The third-order valence-electron chi connectivity index (χ3n) is 4.37. The summed E-state index contributed by atoms with van der Waals surface area (Å²) >= 11 is 3.53. The number of rotatable bonds is 2. The fourth-order valence-electron chi connectivity index (χ4n) is 3.17. The van der Waals surface area contributed by atoms with E-state index in [2.05, 4.69) is 25.8 Å². The Morgan fingerprint density at radius 2 is 1.96 bits per heavy atom. The molecule has 1 aromatic rings. The molecule has 1 aromatic heterocycles. The summed E-state index contributed by atoms with van der Waals surface area (Å²) in [5.74, 6) is 0.903. The van der Waals surface area contributed by atoms with Crippen LogP contribution in [0.1, 0.15) is 27.2 Å². The molecule has 1 atom stereocenters. The summed E-state index contributed by atoms with van der Waals surface area (Å²) in [7, 11) is 0. The first-order valence-corrected chi connectivity index (χ1v) is 9.78. The number of aromatic nitrogens is 1. The predicted molar refractivity (Wildman–Crippen MR) is 104 cm³/mol. The first-order chi connectivity index (χ1) is 12.2. The maximum atomic E-state index is 12.3. The van der Waals surface area contributed by atoms with Crippen molar-refractivity contribution in [3.63, 3.8) is 0 Å². The molecule has 0 bridgehead atoms. The third-order valence-corrected chi connectivity index (χ3v) is 4.98. The van der Waals surface area contributed by atoms with Crippen molar-refractivity contribution < 1.29 is 14.3 Å². The molecule has 2 fully saturated rings. The zero-order valence-corrected chi connectivity index (χ0v) is 17.0. The number of alkyl halides is 1. The van der Waals surface area contributed by atoms with Crippen LogP contribution in [-0.4, -0.2) is 65.0 Å². The van der Waals surface area contributed by atoms with Crippen LogP contribution in [0.2, 0.25) is 0 Å². The number of hydrogen-bond acceptors (Lipinski definition) is 5. The number of nitrogens with zero attached hydrogens (tertiary/aromatic N) is 4. The van der Waals surface area contributed by atoms with E-state index in [1.165, 1.54) is 0 Å². The Labute approximate surface area is 162 Å². The molecule has 2 aliphatic rings. The molecule has 2 aliphatic heterocycles. The molecule has 2 amide bonds. The zero-order chi connectivity index (χ0) is 18.9. The maximum absolute atomic E-state index is 12.3. The van der Waals surface area contributed by atoms with Gasteiger partial charge >= 0.3 is 6.09 Å². The van der Waals surface area contributed by atoms with E-state index in [0.717, 1.165) is 11.5 Å². The van der Waals surface area contributed by atoms with E-state index < -0.39 is 5.60 Å². The first kappa shape index (κ1) is 18.9. The Morgan fingerprint density at radius 1 is 1.27 bits per heavy atom. The van der Waals surface area contributed by atoms with Crippen LogP contribution in [0, 0.1) is 0 Å². The van der Waals surface area contributed by atoms with Crippen molar-refractivity contribution in [3.8, 4) is 0 Å². The highest BCUT2D eigenvalue weighted by Crippen LogP contribution is 2.32. The topological polar surface area (TPSA) is 66.0 Å². The summed E-state index contributed by atoms with van der Waals surface area (Å²) in [4.78, 5) is 34.8. The van der Waals surface area contributed by atoms with Gasteiger partial charge in [-0.1, -0.05) is 15.9 Å². The molecule has 7 nitrogen and oxygen atoms in total. The summed E-state index contributed by atoms with van der Waals surface area (Å²) in [6, 6.07) is 3.79. The molecular formula is C18H25BrN4O3. The second kappa shape index (κ2) is 7.42. The first-order valence-electron chi connectivity index (χ1n) is 8.87. The van der Waals surface area contributed by atoms with E-state index in [4.69, 9.17) is 4.74 Å². The van der Waals surface area contributed by atoms with Crippen LogP contribution in [0.3, 0.4) is 0 Å². The smallest absolute Gasteiger partial charge is 0.410 e. The van der Waals surface area contributed by atoms with Gasteiger partial charge in [-0.2, -0.15) is 0 Å². The molecule has 0 spiro atoms. The average molecular weight is 425 g/mol. The molecule has 26 heavy (non-hydrogen) atoms. The molecule has 0 aliphatic carbocycles. The number of piperazine rings is 1. The standard InChI is InChI=1S/C18H25BrN4O3/c1-18(2,3)26-17(25)22-9-7-21(8-10-22)16-14(5-4-6-20-16)23-12-13(19)11-15(23)24/h4-6,13H,7-12H2,1-3H3. The lowest BCUT2D eigenvalue weighted by atomic mass is 10.2. The van der Waals surface area contributed by atoms with Crippen molar-refractivity contribution >= 4 is 39.4 Å². The Bertz CT molecular complexity index is 683. The van der Waals surface area contributed by atoms with E-state index in [9.17, 15) is 9.59 Å².